The molecule has 0 saturated heterocycles. The fraction of sp³-hybridized carbons (Fsp3) is 0.154. The van der Waals surface area contributed by atoms with Crippen LogP contribution in [0.3, 0.4) is 0 Å². The van der Waals surface area contributed by atoms with E-state index in [9.17, 15) is 4.79 Å². The summed E-state index contributed by atoms with van der Waals surface area (Å²) in [6, 6.07) is 13.5. The molecule has 2 nitrogen and oxygen atoms in total. The largest absolute Gasteiger partial charge is 0.462 e. The summed E-state index contributed by atoms with van der Waals surface area (Å²) < 4.78 is 4.99. The van der Waals surface area contributed by atoms with Gasteiger partial charge in [-0.15, -0.1) is 0 Å². The molecule has 0 atom stereocenters. The summed E-state index contributed by atoms with van der Waals surface area (Å²) in [4.78, 5) is 11.6. The molecule has 0 bridgehead atoms. The van der Waals surface area contributed by atoms with E-state index in [1.54, 1.807) is 0 Å². The molecular weight excluding hydrogens is 188 g/mol. The summed E-state index contributed by atoms with van der Waals surface area (Å²) in [5.41, 5.74) is 2.64. The van der Waals surface area contributed by atoms with Gasteiger partial charge in [0, 0.05) is 0 Å². The van der Waals surface area contributed by atoms with Gasteiger partial charge in [0.15, 0.2) is 0 Å². The minimum Gasteiger partial charge on any atom is -0.462 e. The van der Waals surface area contributed by atoms with Crippen LogP contribution < -0.4 is 0 Å². The first-order valence-corrected chi connectivity index (χ1v) is 4.98. The molecule has 2 heteroatoms. The van der Waals surface area contributed by atoms with Crippen LogP contribution in [0.1, 0.15) is 17.3 Å². The van der Waals surface area contributed by atoms with E-state index in [0.29, 0.717) is 12.2 Å². The maximum atomic E-state index is 11.6. The average molecular weight is 200 g/mol. The van der Waals surface area contributed by atoms with Crippen LogP contribution in [0.15, 0.2) is 42.5 Å². The molecule has 0 spiro atoms. The fourth-order valence-electron chi connectivity index (χ4n) is 1.60. The van der Waals surface area contributed by atoms with E-state index < -0.39 is 0 Å². The Bertz CT molecular complexity index is 448. The smallest absolute Gasteiger partial charge is 0.338 e. The molecule has 0 saturated carbocycles. The monoisotopic (exact) mass is 200 g/mol. The number of hydrogen-bond acceptors (Lipinski definition) is 2. The first-order chi connectivity index (χ1) is 7.33. The van der Waals surface area contributed by atoms with Crippen molar-refractivity contribution < 1.29 is 9.53 Å². The van der Waals surface area contributed by atoms with Gasteiger partial charge >= 0.3 is 5.97 Å². The SMILES string of the molecule is CCOC(=O)c1ccc2cccccc1-2. The summed E-state index contributed by atoms with van der Waals surface area (Å²) in [5, 5.41) is 0. The maximum absolute atomic E-state index is 11.6. The lowest BCUT2D eigenvalue weighted by Gasteiger charge is -2.01. The third kappa shape index (κ3) is 1.84. The molecule has 0 aromatic heterocycles. The van der Waals surface area contributed by atoms with Crippen molar-refractivity contribution in [3.05, 3.63) is 48.0 Å². The fourth-order valence-corrected chi connectivity index (χ4v) is 1.60. The average Bonchev–Trinajstić information content (AvgIpc) is 2.48. The zero-order valence-corrected chi connectivity index (χ0v) is 8.57. The predicted octanol–water partition coefficient (Wildman–Crippen LogP) is 2.97. The molecule has 0 aliphatic heterocycles. The molecule has 0 radical (unpaired) electrons. The lowest BCUT2D eigenvalue weighted by Crippen LogP contribution is -2.03. The third-order valence-corrected chi connectivity index (χ3v) is 2.29. The van der Waals surface area contributed by atoms with Gasteiger partial charge in [-0.05, 0) is 24.1 Å². The van der Waals surface area contributed by atoms with Gasteiger partial charge in [0.1, 0.15) is 0 Å². The Hall–Kier alpha value is -1.83. The molecule has 0 aromatic rings. The number of carbonyl (C=O) groups excluding carboxylic acids is 1. The zero-order valence-electron chi connectivity index (χ0n) is 8.57. The third-order valence-electron chi connectivity index (χ3n) is 2.29. The van der Waals surface area contributed by atoms with Crippen molar-refractivity contribution in [2.75, 3.05) is 6.61 Å². The summed E-state index contributed by atoms with van der Waals surface area (Å²) in [6.07, 6.45) is 0. The topological polar surface area (TPSA) is 26.3 Å². The van der Waals surface area contributed by atoms with Crippen molar-refractivity contribution >= 4 is 5.97 Å². The highest BCUT2D eigenvalue weighted by molar-refractivity contribution is 5.98. The van der Waals surface area contributed by atoms with Gasteiger partial charge in [0.2, 0.25) is 0 Å². The quantitative estimate of drug-likeness (QED) is 0.696. The molecule has 0 heterocycles. The normalized spacial score (nSPS) is 10.2. The van der Waals surface area contributed by atoms with Crippen molar-refractivity contribution in [2.45, 2.75) is 6.92 Å². The van der Waals surface area contributed by atoms with Crippen molar-refractivity contribution in [2.24, 2.45) is 0 Å². The van der Waals surface area contributed by atoms with Crippen molar-refractivity contribution in [3.8, 4) is 11.1 Å². The lowest BCUT2D eigenvalue weighted by molar-refractivity contribution is 0.0528. The molecule has 0 amide bonds. The number of hydrogen-bond donors (Lipinski definition) is 0. The number of fused-ring (bicyclic) bond motifs is 1. The van der Waals surface area contributed by atoms with Gasteiger partial charge in [0.25, 0.3) is 0 Å². The Labute approximate surface area is 88.8 Å². The van der Waals surface area contributed by atoms with Crippen LogP contribution >= 0.6 is 0 Å². The van der Waals surface area contributed by atoms with Gasteiger partial charge < -0.3 is 4.74 Å². The Morgan fingerprint density at radius 2 is 1.93 bits per heavy atom. The van der Waals surface area contributed by atoms with Gasteiger partial charge in [-0.3, -0.25) is 0 Å². The highest BCUT2D eigenvalue weighted by Gasteiger charge is 2.14. The van der Waals surface area contributed by atoms with E-state index in [2.05, 4.69) is 0 Å². The summed E-state index contributed by atoms with van der Waals surface area (Å²) in [7, 11) is 0. The van der Waals surface area contributed by atoms with Crippen LogP contribution in [0.2, 0.25) is 0 Å². The van der Waals surface area contributed by atoms with E-state index in [1.165, 1.54) is 0 Å². The van der Waals surface area contributed by atoms with Crippen molar-refractivity contribution in [3.63, 3.8) is 0 Å². The minimum atomic E-state index is -0.251. The van der Waals surface area contributed by atoms with Crippen LogP contribution in [0, 0.1) is 0 Å². The number of esters is 1. The first-order valence-electron chi connectivity index (χ1n) is 4.98. The van der Waals surface area contributed by atoms with Crippen LogP contribution in [0.4, 0.5) is 0 Å². The molecule has 2 rings (SSSR count). The van der Waals surface area contributed by atoms with Crippen LogP contribution in [0.25, 0.3) is 11.1 Å². The van der Waals surface area contributed by atoms with E-state index in [0.717, 1.165) is 11.1 Å². The van der Waals surface area contributed by atoms with Crippen LogP contribution in [0.5, 0.6) is 0 Å². The van der Waals surface area contributed by atoms with Gasteiger partial charge in [-0.25, -0.2) is 4.79 Å². The molecule has 0 fully saturated rings. The Balaban J connectivity index is 2.44. The Kier molecular flexibility index (Phi) is 2.68. The summed E-state index contributed by atoms with van der Waals surface area (Å²) in [5.74, 6) is -0.251. The second kappa shape index (κ2) is 4.13. The molecular formula is C13H12O2. The lowest BCUT2D eigenvalue weighted by atomic mass is 10.1. The van der Waals surface area contributed by atoms with E-state index in [4.69, 9.17) is 4.74 Å². The van der Waals surface area contributed by atoms with E-state index >= 15 is 0 Å². The van der Waals surface area contributed by atoms with Gasteiger partial charge in [-0.2, -0.15) is 0 Å². The highest BCUT2D eigenvalue weighted by atomic mass is 16.5. The molecule has 15 heavy (non-hydrogen) atoms. The van der Waals surface area contributed by atoms with E-state index in [1.807, 2.05) is 49.4 Å². The first kappa shape index (κ1) is 9.71. The molecule has 0 N–H and O–H groups in total. The molecule has 2 aliphatic rings. The van der Waals surface area contributed by atoms with Gasteiger partial charge in [-0.1, -0.05) is 36.4 Å². The van der Waals surface area contributed by atoms with Gasteiger partial charge in [0.05, 0.1) is 12.2 Å². The summed E-state index contributed by atoms with van der Waals surface area (Å²) >= 11 is 0. The standard InChI is InChI=1S/C13H12O2/c1-2-15-13(14)12-9-8-10-6-4-3-5-7-11(10)12/h3-9H,2H2,1H3. The molecule has 2 aliphatic carbocycles. The number of rotatable bonds is 2. The number of carbonyl (C=O) groups is 1. The molecule has 0 aromatic carbocycles. The highest BCUT2D eigenvalue weighted by Crippen LogP contribution is 2.27. The Morgan fingerprint density at radius 3 is 2.73 bits per heavy atom. The molecule has 76 valence electrons. The van der Waals surface area contributed by atoms with Crippen molar-refractivity contribution in [1.29, 1.82) is 0 Å². The Morgan fingerprint density at radius 1 is 1.13 bits per heavy atom. The second-order valence-corrected chi connectivity index (χ2v) is 3.25. The van der Waals surface area contributed by atoms with Crippen LogP contribution in [-0.4, -0.2) is 12.6 Å². The van der Waals surface area contributed by atoms with E-state index in [-0.39, 0.29) is 5.97 Å². The minimum absolute atomic E-state index is 0.251. The zero-order chi connectivity index (χ0) is 10.7. The molecule has 0 unspecified atom stereocenters. The maximum Gasteiger partial charge on any atom is 0.338 e. The number of ether oxygens (including phenoxy) is 1. The summed E-state index contributed by atoms with van der Waals surface area (Å²) in [6.45, 7) is 2.22. The van der Waals surface area contributed by atoms with Crippen LogP contribution in [-0.2, 0) is 4.74 Å². The second-order valence-electron chi connectivity index (χ2n) is 3.25. The predicted molar refractivity (Wildman–Crippen MR) is 59.0 cm³/mol. The van der Waals surface area contributed by atoms with Crippen molar-refractivity contribution in [1.82, 2.24) is 0 Å².